The van der Waals surface area contributed by atoms with Crippen molar-refractivity contribution >= 4 is 40.3 Å². The van der Waals surface area contributed by atoms with Gasteiger partial charge in [-0.3, -0.25) is 4.79 Å². The highest BCUT2D eigenvalue weighted by Crippen LogP contribution is 2.29. The van der Waals surface area contributed by atoms with Crippen LogP contribution in [0.4, 0.5) is 0 Å². The van der Waals surface area contributed by atoms with Gasteiger partial charge in [0.05, 0.1) is 27.2 Å². The number of nitrogens with one attached hydrogen (secondary N) is 1. The standard InChI is InChI=1S/C19H11Cl2N3O3/c20-14-7-5-11(9-15(14)21)17-8-6-12(27-17)10-22-24-18(25)13-3-1-2-4-16(13)23-19(24)26/h1-10H,(H,23,26). The van der Waals surface area contributed by atoms with E-state index in [2.05, 4.69) is 10.1 Å². The Morgan fingerprint density at radius 1 is 1.00 bits per heavy atom. The fourth-order valence-electron chi connectivity index (χ4n) is 2.60. The summed E-state index contributed by atoms with van der Waals surface area (Å²) < 4.78 is 6.43. The second-order valence-corrected chi connectivity index (χ2v) is 6.48. The summed E-state index contributed by atoms with van der Waals surface area (Å²) in [6.07, 6.45) is 1.30. The summed E-state index contributed by atoms with van der Waals surface area (Å²) in [6, 6.07) is 15.2. The normalized spacial score (nSPS) is 11.5. The highest BCUT2D eigenvalue weighted by atomic mass is 35.5. The Kier molecular flexibility index (Phi) is 4.43. The Balaban J connectivity index is 1.69. The molecule has 2 aromatic heterocycles. The topological polar surface area (TPSA) is 80.4 Å². The van der Waals surface area contributed by atoms with Crippen LogP contribution < -0.4 is 11.2 Å². The SMILES string of the molecule is O=c1[nH]c2ccccc2c(=O)n1N=Cc1ccc(-c2ccc(Cl)c(Cl)c2)o1. The van der Waals surface area contributed by atoms with Crippen molar-refractivity contribution < 1.29 is 4.42 Å². The van der Waals surface area contributed by atoms with Gasteiger partial charge >= 0.3 is 5.69 Å². The van der Waals surface area contributed by atoms with Gasteiger partial charge in [-0.2, -0.15) is 5.10 Å². The Labute approximate surface area is 162 Å². The Hall–Kier alpha value is -3.09. The van der Waals surface area contributed by atoms with E-state index in [9.17, 15) is 9.59 Å². The highest BCUT2D eigenvalue weighted by Gasteiger charge is 2.08. The molecule has 8 heteroatoms. The molecule has 6 nitrogen and oxygen atoms in total. The fraction of sp³-hybridized carbons (Fsp3) is 0. The van der Waals surface area contributed by atoms with E-state index in [4.69, 9.17) is 27.6 Å². The largest absolute Gasteiger partial charge is 0.455 e. The number of hydrogen-bond acceptors (Lipinski definition) is 4. The zero-order valence-corrected chi connectivity index (χ0v) is 15.2. The van der Waals surface area contributed by atoms with Crippen LogP contribution in [-0.4, -0.2) is 15.9 Å². The molecule has 0 saturated carbocycles. The number of hydrogen-bond donors (Lipinski definition) is 1. The summed E-state index contributed by atoms with van der Waals surface area (Å²) in [5, 5.41) is 5.18. The summed E-state index contributed by atoms with van der Waals surface area (Å²) in [6.45, 7) is 0. The van der Waals surface area contributed by atoms with Gasteiger partial charge < -0.3 is 9.40 Å². The maximum atomic E-state index is 12.4. The van der Waals surface area contributed by atoms with Crippen molar-refractivity contribution in [1.82, 2.24) is 9.66 Å². The number of aromatic nitrogens is 2. The van der Waals surface area contributed by atoms with E-state index in [0.717, 1.165) is 10.2 Å². The molecule has 0 aliphatic heterocycles. The van der Waals surface area contributed by atoms with Gasteiger partial charge in [-0.05, 0) is 42.5 Å². The second kappa shape index (κ2) is 6.90. The third-order valence-electron chi connectivity index (χ3n) is 3.92. The molecule has 0 amide bonds. The van der Waals surface area contributed by atoms with E-state index in [1.807, 2.05) is 0 Å². The molecule has 27 heavy (non-hydrogen) atoms. The van der Waals surface area contributed by atoms with E-state index < -0.39 is 11.2 Å². The van der Waals surface area contributed by atoms with Crippen molar-refractivity contribution in [1.29, 1.82) is 0 Å². The van der Waals surface area contributed by atoms with Crippen molar-refractivity contribution in [3.8, 4) is 11.3 Å². The molecule has 0 aliphatic rings. The number of H-pyrrole nitrogens is 1. The number of para-hydroxylation sites is 1. The summed E-state index contributed by atoms with van der Waals surface area (Å²) in [5.74, 6) is 0.922. The summed E-state index contributed by atoms with van der Waals surface area (Å²) in [7, 11) is 0. The minimum atomic E-state index is -0.633. The predicted octanol–water partition coefficient (Wildman–Crippen LogP) is 4.14. The minimum absolute atomic E-state index is 0.366. The zero-order chi connectivity index (χ0) is 19.0. The molecule has 0 unspecified atom stereocenters. The lowest BCUT2D eigenvalue weighted by molar-refractivity contribution is 0.573. The lowest BCUT2D eigenvalue weighted by Crippen LogP contribution is -2.32. The van der Waals surface area contributed by atoms with Crippen LogP contribution in [-0.2, 0) is 0 Å². The van der Waals surface area contributed by atoms with Gasteiger partial charge in [-0.15, -0.1) is 4.68 Å². The number of nitrogens with zero attached hydrogens (tertiary/aromatic N) is 2. The van der Waals surface area contributed by atoms with Crippen molar-refractivity contribution in [3.05, 3.63) is 91.2 Å². The molecule has 0 atom stereocenters. The van der Waals surface area contributed by atoms with Crippen LogP contribution >= 0.6 is 23.2 Å². The quantitative estimate of drug-likeness (QED) is 0.525. The van der Waals surface area contributed by atoms with Crippen LogP contribution in [0.2, 0.25) is 10.0 Å². The van der Waals surface area contributed by atoms with E-state index in [-0.39, 0.29) is 0 Å². The van der Waals surface area contributed by atoms with Gasteiger partial charge in [-0.25, -0.2) is 4.79 Å². The molecule has 1 N–H and O–H groups in total. The molecule has 0 radical (unpaired) electrons. The molecule has 0 spiro atoms. The first-order chi connectivity index (χ1) is 13.0. The van der Waals surface area contributed by atoms with Crippen LogP contribution in [0.1, 0.15) is 5.76 Å². The molecule has 4 aromatic rings. The van der Waals surface area contributed by atoms with Crippen LogP contribution in [0.25, 0.3) is 22.2 Å². The predicted molar refractivity (Wildman–Crippen MR) is 106 cm³/mol. The monoisotopic (exact) mass is 399 g/mol. The first kappa shape index (κ1) is 17.3. The van der Waals surface area contributed by atoms with Gasteiger partial charge in [0.25, 0.3) is 5.56 Å². The van der Waals surface area contributed by atoms with Crippen LogP contribution in [0.3, 0.4) is 0 Å². The summed E-state index contributed by atoms with van der Waals surface area (Å²) >= 11 is 11.9. The Bertz CT molecular complexity index is 1300. The van der Waals surface area contributed by atoms with Crippen LogP contribution in [0, 0.1) is 0 Å². The number of rotatable bonds is 3. The molecule has 0 saturated heterocycles. The lowest BCUT2D eigenvalue weighted by atomic mass is 10.2. The van der Waals surface area contributed by atoms with Crippen LogP contribution in [0.5, 0.6) is 0 Å². The molecule has 0 aliphatic carbocycles. The van der Waals surface area contributed by atoms with E-state index in [1.165, 1.54) is 6.21 Å². The molecular weight excluding hydrogens is 389 g/mol. The second-order valence-electron chi connectivity index (χ2n) is 5.67. The highest BCUT2D eigenvalue weighted by molar-refractivity contribution is 6.42. The molecular formula is C19H11Cl2N3O3. The van der Waals surface area contributed by atoms with Crippen molar-refractivity contribution in [3.63, 3.8) is 0 Å². The van der Waals surface area contributed by atoms with Gasteiger partial charge in [-0.1, -0.05) is 35.3 Å². The number of halogens is 2. The van der Waals surface area contributed by atoms with E-state index in [1.54, 1.807) is 54.6 Å². The van der Waals surface area contributed by atoms with E-state index >= 15 is 0 Å². The van der Waals surface area contributed by atoms with E-state index in [0.29, 0.717) is 32.5 Å². The fourth-order valence-corrected chi connectivity index (χ4v) is 2.90. The van der Waals surface area contributed by atoms with Crippen molar-refractivity contribution in [2.75, 3.05) is 0 Å². The summed E-state index contributed by atoms with van der Waals surface area (Å²) in [5.41, 5.74) is 0.0525. The molecule has 134 valence electrons. The number of fused-ring (bicyclic) bond motifs is 1. The van der Waals surface area contributed by atoms with Gasteiger partial charge in [0.2, 0.25) is 0 Å². The summed E-state index contributed by atoms with van der Waals surface area (Å²) in [4.78, 5) is 27.2. The number of aromatic amines is 1. The first-order valence-electron chi connectivity index (χ1n) is 7.86. The number of furan rings is 1. The maximum absolute atomic E-state index is 12.4. The molecule has 2 aromatic carbocycles. The maximum Gasteiger partial charge on any atom is 0.349 e. The average Bonchev–Trinajstić information content (AvgIpc) is 3.13. The molecule has 0 bridgehead atoms. The third-order valence-corrected chi connectivity index (χ3v) is 4.65. The zero-order valence-electron chi connectivity index (χ0n) is 13.6. The van der Waals surface area contributed by atoms with Crippen molar-refractivity contribution in [2.24, 2.45) is 5.10 Å². The number of benzene rings is 2. The third kappa shape index (κ3) is 3.32. The molecule has 2 heterocycles. The van der Waals surface area contributed by atoms with Crippen LogP contribution in [0.15, 0.2) is 73.7 Å². The first-order valence-corrected chi connectivity index (χ1v) is 8.62. The smallest absolute Gasteiger partial charge is 0.349 e. The Morgan fingerprint density at radius 3 is 2.63 bits per heavy atom. The molecule has 0 fully saturated rings. The average molecular weight is 400 g/mol. The minimum Gasteiger partial charge on any atom is -0.455 e. The van der Waals surface area contributed by atoms with Crippen molar-refractivity contribution in [2.45, 2.75) is 0 Å². The Morgan fingerprint density at radius 2 is 1.81 bits per heavy atom. The van der Waals surface area contributed by atoms with Gasteiger partial charge in [0, 0.05) is 5.56 Å². The van der Waals surface area contributed by atoms with Gasteiger partial charge in [0.1, 0.15) is 11.5 Å². The van der Waals surface area contributed by atoms with Gasteiger partial charge in [0.15, 0.2) is 0 Å². The molecule has 4 rings (SSSR count). The lowest BCUT2D eigenvalue weighted by Gasteiger charge is -2.00.